The van der Waals surface area contributed by atoms with E-state index in [4.69, 9.17) is 27.9 Å². The summed E-state index contributed by atoms with van der Waals surface area (Å²) in [4.78, 5) is 13.5. The lowest BCUT2D eigenvalue weighted by molar-refractivity contribution is -0.143. The van der Waals surface area contributed by atoms with Crippen LogP contribution in [0.15, 0.2) is 18.2 Å². The molecule has 0 aromatic heterocycles. The van der Waals surface area contributed by atoms with Crippen molar-refractivity contribution < 1.29 is 14.6 Å². The van der Waals surface area contributed by atoms with Crippen LogP contribution in [0.3, 0.4) is 0 Å². The number of carbonyl (C=O) groups is 1. The van der Waals surface area contributed by atoms with Crippen LogP contribution in [-0.4, -0.2) is 41.8 Å². The van der Waals surface area contributed by atoms with Gasteiger partial charge in [0.05, 0.1) is 19.1 Å². The van der Waals surface area contributed by atoms with Crippen molar-refractivity contribution in [1.29, 1.82) is 0 Å². The standard InChI is InChI=1S/C15H19Cl2NO3/c1-2-6-18(14-9-21-8-11(14)15(19)20)7-10-12(16)4-3-5-13(10)17/h3-5,11,14H,2,6-9H2,1H3,(H,19,20). The van der Waals surface area contributed by atoms with Crippen LogP contribution < -0.4 is 0 Å². The Balaban J connectivity index is 2.21. The Hall–Kier alpha value is -0.810. The zero-order valence-electron chi connectivity index (χ0n) is 11.9. The maximum absolute atomic E-state index is 11.3. The van der Waals surface area contributed by atoms with Crippen molar-refractivity contribution in [3.05, 3.63) is 33.8 Å². The fourth-order valence-electron chi connectivity index (χ4n) is 2.67. The molecular formula is C15H19Cl2NO3. The van der Waals surface area contributed by atoms with Gasteiger partial charge in [-0.25, -0.2) is 0 Å². The first-order valence-electron chi connectivity index (χ1n) is 7.02. The topological polar surface area (TPSA) is 49.8 Å². The minimum Gasteiger partial charge on any atom is -0.481 e. The van der Waals surface area contributed by atoms with Gasteiger partial charge in [0.2, 0.25) is 0 Å². The van der Waals surface area contributed by atoms with Crippen LogP contribution in [0.5, 0.6) is 0 Å². The number of aliphatic carboxylic acids is 1. The quantitative estimate of drug-likeness (QED) is 0.868. The van der Waals surface area contributed by atoms with Crippen LogP contribution in [0.1, 0.15) is 18.9 Å². The molecule has 1 N–H and O–H groups in total. The summed E-state index contributed by atoms with van der Waals surface area (Å²) in [7, 11) is 0. The highest BCUT2D eigenvalue weighted by atomic mass is 35.5. The van der Waals surface area contributed by atoms with Gasteiger partial charge >= 0.3 is 5.97 Å². The molecule has 0 spiro atoms. The zero-order valence-corrected chi connectivity index (χ0v) is 13.4. The maximum atomic E-state index is 11.3. The van der Waals surface area contributed by atoms with Crippen molar-refractivity contribution in [2.24, 2.45) is 5.92 Å². The number of hydrogen-bond donors (Lipinski definition) is 1. The minimum atomic E-state index is -0.816. The van der Waals surface area contributed by atoms with Crippen LogP contribution in [0, 0.1) is 5.92 Å². The summed E-state index contributed by atoms with van der Waals surface area (Å²) in [6.07, 6.45) is 0.922. The van der Waals surface area contributed by atoms with E-state index < -0.39 is 11.9 Å². The van der Waals surface area contributed by atoms with E-state index in [1.165, 1.54) is 0 Å². The lowest BCUT2D eigenvalue weighted by Crippen LogP contribution is -2.43. The van der Waals surface area contributed by atoms with Crippen LogP contribution in [0.25, 0.3) is 0 Å². The lowest BCUT2D eigenvalue weighted by atomic mass is 10.0. The molecule has 2 rings (SSSR count). The molecule has 1 aromatic rings. The summed E-state index contributed by atoms with van der Waals surface area (Å²) in [5, 5.41) is 10.5. The van der Waals surface area contributed by atoms with Gasteiger partial charge in [-0.05, 0) is 25.1 Å². The van der Waals surface area contributed by atoms with Crippen molar-refractivity contribution in [2.45, 2.75) is 25.9 Å². The van der Waals surface area contributed by atoms with Gasteiger partial charge < -0.3 is 9.84 Å². The van der Waals surface area contributed by atoms with E-state index in [9.17, 15) is 9.90 Å². The molecule has 0 aliphatic carbocycles. The highest BCUT2D eigenvalue weighted by molar-refractivity contribution is 6.35. The van der Waals surface area contributed by atoms with E-state index in [2.05, 4.69) is 11.8 Å². The Bertz CT molecular complexity index is 489. The average Bonchev–Trinajstić information content (AvgIpc) is 2.91. The highest BCUT2D eigenvalue weighted by Crippen LogP contribution is 2.29. The van der Waals surface area contributed by atoms with Crippen LogP contribution in [0.2, 0.25) is 10.0 Å². The number of carboxylic acid groups (broad SMARTS) is 1. The van der Waals surface area contributed by atoms with Crippen LogP contribution >= 0.6 is 23.2 Å². The minimum absolute atomic E-state index is 0.144. The Morgan fingerprint density at radius 3 is 2.62 bits per heavy atom. The van der Waals surface area contributed by atoms with Gasteiger partial charge in [0.1, 0.15) is 0 Å². The average molecular weight is 332 g/mol. The zero-order chi connectivity index (χ0) is 15.4. The number of rotatable bonds is 6. The fourth-order valence-corrected chi connectivity index (χ4v) is 3.19. The molecule has 0 saturated carbocycles. The van der Waals surface area contributed by atoms with Crippen molar-refractivity contribution in [2.75, 3.05) is 19.8 Å². The molecule has 1 aliphatic heterocycles. The molecule has 0 amide bonds. The molecular weight excluding hydrogens is 313 g/mol. The summed E-state index contributed by atoms with van der Waals surface area (Å²) >= 11 is 12.4. The second-order valence-electron chi connectivity index (χ2n) is 5.22. The Morgan fingerprint density at radius 1 is 1.38 bits per heavy atom. The number of benzene rings is 1. The number of ether oxygens (including phenoxy) is 1. The summed E-state index contributed by atoms with van der Waals surface area (Å²) in [5.74, 6) is -1.32. The predicted molar refractivity (Wildman–Crippen MR) is 82.9 cm³/mol. The summed E-state index contributed by atoms with van der Waals surface area (Å²) in [6, 6.07) is 5.26. The van der Waals surface area contributed by atoms with Crippen LogP contribution in [-0.2, 0) is 16.1 Å². The molecule has 2 unspecified atom stereocenters. The SMILES string of the molecule is CCCN(Cc1c(Cl)cccc1Cl)C1COCC1C(=O)O. The summed E-state index contributed by atoms with van der Waals surface area (Å²) in [5.41, 5.74) is 0.838. The molecule has 6 heteroatoms. The van der Waals surface area contributed by atoms with E-state index in [0.717, 1.165) is 18.5 Å². The second kappa shape index (κ2) is 7.45. The number of nitrogens with zero attached hydrogens (tertiary/aromatic N) is 1. The van der Waals surface area contributed by atoms with Gasteiger partial charge in [0, 0.05) is 28.2 Å². The third-order valence-corrected chi connectivity index (χ3v) is 4.48. The number of hydrogen-bond acceptors (Lipinski definition) is 3. The van der Waals surface area contributed by atoms with Crippen molar-refractivity contribution in [3.8, 4) is 0 Å². The second-order valence-corrected chi connectivity index (χ2v) is 6.03. The molecule has 1 saturated heterocycles. The van der Waals surface area contributed by atoms with Crippen LogP contribution in [0.4, 0.5) is 0 Å². The lowest BCUT2D eigenvalue weighted by Gasteiger charge is -2.30. The van der Waals surface area contributed by atoms with Gasteiger partial charge in [-0.1, -0.05) is 36.2 Å². The predicted octanol–water partition coefficient (Wildman–Crippen LogP) is 3.31. The number of carboxylic acids is 1. The number of halogens is 2. The van der Waals surface area contributed by atoms with Gasteiger partial charge in [0.15, 0.2) is 0 Å². The van der Waals surface area contributed by atoms with Gasteiger partial charge in [-0.3, -0.25) is 9.69 Å². The van der Waals surface area contributed by atoms with Gasteiger partial charge in [-0.2, -0.15) is 0 Å². The Kier molecular flexibility index (Phi) is 5.88. The fraction of sp³-hybridized carbons (Fsp3) is 0.533. The van der Waals surface area contributed by atoms with Crippen molar-refractivity contribution in [3.63, 3.8) is 0 Å². The third kappa shape index (κ3) is 3.89. The third-order valence-electron chi connectivity index (χ3n) is 3.77. The monoisotopic (exact) mass is 331 g/mol. The molecule has 1 fully saturated rings. The molecule has 116 valence electrons. The Morgan fingerprint density at radius 2 is 2.05 bits per heavy atom. The summed E-state index contributed by atoms with van der Waals surface area (Å²) < 4.78 is 5.37. The first-order chi connectivity index (χ1) is 10.0. The smallest absolute Gasteiger partial charge is 0.310 e. The molecule has 1 heterocycles. The maximum Gasteiger partial charge on any atom is 0.310 e. The van der Waals surface area contributed by atoms with E-state index in [-0.39, 0.29) is 12.6 Å². The highest BCUT2D eigenvalue weighted by Gasteiger charge is 2.37. The molecule has 1 aliphatic rings. The largest absolute Gasteiger partial charge is 0.481 e. The van der Waals surface area contributed by atoms with E-state index in [0.29, 0.717) is 23.2 Å². The summed E-state index contributed by atoms with van der Waals surface area (Å²) in [6.45, 7) is 4.06. The molecule has 4 nitrogen and oxygen atoms in total. The molecule has 0 bridgehead atoms. The normalized spacial score (nSPS) is 21.9. The van der Waals surface area contributed by atoms with Crippen molar-refractivity contribution >= 4 is 29.2 Å². The van der Waals surface area contributed by atoms with Gasteiger partial charge in [0.25, 0.3) is 0 Å². The molecule has 1 aromatic carbocycles. The van der Waals surface area contributed by atoms with Gasteiger partial charge in [-0.15, -0.1) is 0 Å². The van der Waals surface area contributed by atoms with Crippen molar-refractivity contribution in [1.82, 2.24) is 4.90 Å². The first kappa shape index (κ1) is 16.6. The first-order valence-corrected chi connectivity index (χ1v) is 7.77. The van der Waals surface area contributed by atoms with E-state index in [1.807, 2.05) is 0 Å². The Labute approximate surface area is 134 Å². The molecule has 0 radical (unpaired) electrons. The van der Waals surface area contributed by atoms with E-state index in [1.54, 1.807) is 18.2 Å². The van der Waals surface area contributed by atoms with E-state index >= 15 is 0 Å². The molecule has 2 atom stereocenters. The molecule has 21 heavy (non-hydrogen) atoms.